The highest BCUT2D eigenvalue weighted by Crippen LogP contribution is 2.24. The molecule has 1 atom stereocenters. The van der Waals surface area contributed by atoms with E-state index in [-0.39, 0.29) is 30.7 Å². The van der Waals surface area contributed by atoms with Crippen molar-refractivity contribution >= 4 is 23.2 Å². The summed E-state index contributed by atoms with van der Waals surface area (Å²) >= 11 is 0. The van der Waals surface area contributed by atoms with Crippen LogP contribution in [0.2, 0.25) is 0 Å². The molecule has 0 spiro atoms. The zero-order chi connectivity index (χ0) is 22.9. The van der Waals surface area contributed by atoms with Crippen molar-refractivity contribution in [3.05, 3.63) is 54.1 Å². The SMILES string of the molecule is COc1cccc(CC(C)NC(=O)CCC(=O)Nc2ccc(N3CCC(C)CC3)cc2)c1. The number of hydrogen-bond donors (Lipinski definition) is 2. The van der Waals surface area contributed by atoms with Gasteiger partial charge in [-0.3, -0.25) is 9.59 Å². The molecule has 2 amide bonds. The van der Waals surface area contributed by atoms with E-state index in [4.69, 9.17) is 4.74 Å². The Morgan fingerprint density at radius 2 is 1.75 bits per heavy atom. The van der Waals surface area contributed by atoms with Crippen molar-refractivity contribution < 1.29 is 14.3 Å². The average molecular weight is 438 g/mol. The first-order chi connectivity index (χ1) is 15.4. The zero-order valence-electron chi connectivity index (χ0n) is 19.4. The quantitative estimate of drug-likeness (QED) is 0.610. The number of nitrogens with zero attached hydrogens (tertiary/aromatic N) is 1. The third kappa shape index (κ3) is 7.29. The highest BCUT2D eigenvalue weighted by atomic mass is 16.5. The van der Waals surface area contributed by atoms with Crippen LogP contribution in [-0.2, 0) is 16.0 Å². The van der Waals surface area contributed by atoms with Crippen LogP contribution in [0.1, 0.15) is 45.1 Å². The minimum Gasteiger partial charge on any atom is -0.497 e. The van der Waals surface area contributed by atoms with Gasteiger partial charge in [0.2, 0.25) is 11.8 Å². The summed E-state index contributed by atoms with van der Waals surface area (Å²) in [6.45, 7) is 6.43. The van der Waals surface area contributed by atoms with Gasteiger partial charge in [0.1, 0.15) is 5.75 Å². The topological polar surface area (TPSA) is 70.7 Å². The number of piperidine rings is 1. The van der Waals surface area contributed by atoms with Crippen LogP contribution in [0.3, 0.4) is 0 Å². The summed E-state index contributed by atoms with van der Waals surface area (Å²) in [6, 6.07) is 15.8. The van der Waals surface area contributed by atoms with Crippen molar-refractivity contribution in [3.63, 3.8) is 0 Å². The maximum absolute atomic E-state index is 12.3. The Balaban J connectivity index is 1.38. The second-order valence-corrected chi connectivity index (χ2v) is 8.79. The van der Waals surface area contributed by atoms with Gasteiger partial charge in [-0.1, -0.05) is 19.1 Å². The molecule has 0 aliphatic carbocycles. The standard InChI is InChI=1S/C26H35N3O3/c1-19-13-15-29(16-14-19)23-9-7-22(8-10-23)28-26(31)12-11-25(30)27-20(2)17-21-5-4-6-24(18-21)32-3/h4-10,18-20H,11-17H2,1-3H3,(H,27,30)(H,28,31). The van der Waals surface area contributed by atoms with Crippen molar-refractivity contribution in [2.75, 3.05) is 30.4 Å². The molecule has 1 unspecified atom stereocenters. The molecule has 6 heteroatoms. The predicted molar refractivity (Wildman–Crippen MR) is 129 cm³/mol. The van der Waals surface area contributed by atoms with E-state index in [9.17, 15) is 9.59 Å². The number of rotatable bonds is 9. The second-order valence-electron chi connectivity index (χ2n) is 8.79. The normalized spacial score (nSPS) is 15.2. The van der Waals surface area contributed by atoms with E-state index in [1.807, 2.05) is 43.3 Å². The van der Waals surface area contributed by atoms with Gasteiger partial charge >= 0.3 is 0 Å². The number of carbonyl (C=O) groups is 2. The summed E-state index contributed by atoms with van der Waals surface area (Å²) in [5.74, 6) is 1.33. The average Bonchev–Trinajstić information content (AvgIpc) is 2.79. The van der Waals surface area contributed by atoms with E-state index in [0.717, 1.165) is 36.0 Å². The molecule has 2 N–H and O–H groups in total. The third-order valence-corrected chi connectivity index (χ3v) is 5.96. The number of hydrogen-bond acceptors (Lipinski definition) is 4. The Morgan fingerprint density at radius 3 is 2.44 bits per heavy atom. The highest BCUT2D eigenvalue weighted by molar-refractivity contribution is 5.93. The lowest BCUT2D eigenvalue weighted by atomic mass is 9.99. The molecule has 1 aliphatic heterocycles. The lowest BCUT2D eigenvalue weighted by Crippen LogP contribution is -2.34. The number of anilines is 2. The number of nitrogens with one attached hydrogen (secondary N) is 2. The van der Waals surface area contributed by atoms with Crippen molar-refractivity contribution in [1.82, 2.24) is 5.32 Å². The lowest BCUT2D eigenvalue weighted by Gasteiger charge is -2.32. The van der Waals surface area contributed by atoms with Crippen LogP contribution >= 0.6 is 0 Å². The van der Waals surface area contributed by atoms with Gasteiger partial charge in [0.25, 0.3) is 0 Å². The van der Waals surface area contributed by atoms with Gasteiger partial charge < -0.3 is 20.3 Å². The van der Waals surface area contributed by atoms with Gasteiger partial charge in [0, 0.05) is 43.3 Å². The van der Waals surface area contributed by atoms with E-state index in [1.54, 1.807) is 7.11 Å². The summed E-state index contributed by atoms with van der Waals surface area (Å²) in [4.78, 5) is 26.9. The van der Waals surface area contributed by atoms with Gasteiger partial charge in [-0.25, -0.2) is 0 Å². The van der Waals surface area contributed by atoms with E-state index in [0.29, 0.717) is 6.42 Å². The van der Waals surface area contributed by atoms with Crippen LogP contribution in [-0.4, -0.2) is 38.1 Å². The molecule has 1 fully saturated rings. The monoisotopic (exact) mass is 437 g/mol. The summed E-state index contributed by atoms with van der Waals surface area (Å²) in [7, 11) is 1.64. The van der Waals surface area contributed by atoms with E-state index < -0.39 is 0 Å². The molecule has 1 heterocycles. The Labute approximate surface area is 191 Å². The van der Waals surface area contributed by atoms with Gasteiger partial charge in [-0.05, 0) is 74.1 Å². The maximum atomic E-state index is 12.3. The molecule has 2 aromatic carbocycles. The van der Waals surface area contributed by atoms with Crippen LogP contribution in [0.25, 0.3) is 0 Å². The fraction of sp³-hybridized carbons (Fsp3) is 0.462. The molecule has 0 radical (unpaired) electrons. The van der Waals surface area contributed by atoms with Crippen molar-refractivity contribution in [2.24, 2.45) is 5.92 Å². The minimum absolute atomic E-state index is 0.0250. The maximum Gasteiger partial charge on any atom is 0.224 e. The number of amides is 2. The molecule has 6 nitrogen and oxygen atoms in total. The molecular weight excluding hydrogens is 402 g/mol. The Bertz CT molecular complexity index is 889. The fourth-order valence-electron chi connectivity index (χ4n) is 4.02. The molecule has 1 aliphatic rings. The predicted octanol–water partition coefficient (Wildman–Crippen LogP) is 4.40. The molecule has 172 valence electrons. The van der Waals surface area contributed by atoms with Crippen LogP contribution in [0.4, 0.5) is 11.4 Å². The molecular formula is C26H35N3O3. The van der Waals surface area contributed by atoms with E-state index >= 15 is 0 Å². The molecule has 1 saturated heterocycles. The Morgan fingerprint density at radius 1 is 1.06 bits per heavy atom. The molecule has 0 bridgehead atoms. The van der Waals surface area contributed by atoms with Gasteiger partial charge in [-0.2, -0.15) is 0 Å². The molecule has 0 aromatic heterocycles. The van der Waals surface area contributed by atoms with Crippen molar-refractivity contribution in [2.45, 2.75) is 52.0 Å². The smallest absolute Gasteiger partial charge is 0.224 e. The number of carbonyl (C=O) groups excluding carboxylic acids is 2. The Kier molecular flexibility index (Phi) is 8.54. The van der Waals surface area contributed by atoms with E-state index in [1.165, 1.54) is 18.5 Å². The molecule has 2 aromatic rings. The first kappa shape index (κ1) is 23.6. The molecule has 32 heavy (non-hydrogen) atoms. The highest BCUT2D eigenvalue weighted by Gasteiger charge is 2.16. The summed E-state index contributed by atoms with van der Waals surface area (Å²) in [6.07, 6.45) is 3.47. The van der Waals surface area contributed by atoms with Crippen LogP contribution in [0, 0.1) is 5.92 Å². The van der Waals surface area contributed by atoms with Crippen LogP contribution in [0.5, 0.6) is 5.75 Å². The summed E-state index contributed by atoms with van der Waals surface area (Å²) < 4.78 is 5.24. The second kappa shape index (κ2) is 11.6. The van der Waals surface area contributed by atoms with Crippen molar-refractivity contribution in [1.29, 1.82) is 0 Å². The largest absolute Gasteiger partial charge is 0.497 e. The number of benzene rings is 2. The first-order valence-corrected chi connectivity index (χ1v) is 11.5. The molecule has 0 saturated carbocycles. The van der Waals surface area contributed by atoms with Crippen LogP contribution in [0.15, 0.2) is 48.5 Å². The Hall–Kier alpha value is -3.02. The molecule has 3 rings (SSSR count). The van der Waals surface area contributed by atoms with Gasteiger partial charge in [0.05, 0.1) is 7.11 Å². The number of methoxy groups -OCH3 is 1. The first-order valence-electron chi connectivity index (χ1n) is 11.5. The number of ether oxygens (including phenoxy) is 1. The van der Waals surface area contributed by atoms with Crippen LogP contribution < -0.4 is 20.3 Å². The van der Waals surface area contributed by atoms with E-state index in [2.05, 4.69) is 34.6 Å². The summed E-state index contributed by atoms with van der Waals surface area (Å²) in [5.41, 5.74) is 3.05. The third-order valence-electron chi connectivity index (χ3n) is 5.96. The minimum atomic E-state index is -0.153. The van der Waals surface area contributed by atoms with Gasteiger partial charge in [-0.15, -0.1) is 0 Å². The van der Waals surface area contributed by atoms with Gasteiger partial charge in [0.15, 0.2) is 0 Å². The lowest BCUT2D eigenvalue weighted by molar-refractivity contribution is -0.124. The summed E-state index contributed by atoms with van der Waals surface area (Å²) in [5, 5.41) is 5.86. The van der Waals surface area contributed by atoms with Crippen molar-refractivity contribution in [3.8, 4) is 5.75 Å². The zero-order valence-corrected chi connectivity index (χ0v) is 19.4. The fourth-order valence-corrected chi connectivity index (χ4v) is 4.02.